The van der Waals surface area contributed by atoms with Gasteiger partial charge in [-0.3, -0.25) is 0 Å². The molecule has 6 nitrogen and oxygen atoms in total. The Morgan fingerprint density at radius 3 is 2.42 bits per heavy atom. The van der Waals surface area contributed by atoms with Crippen LogP contribution < -0.4 is 5.32 Å². The third-order valence-electron chi connectivity index (χ3n) is 3.77. The van der Waals surface area contributed by atoms with E-state index in [1.807, 2.05) is 6.07 Å². The van der Waals surface area contributed by atoms with Crippen LogP contribution in [-0.4, -0.2) is 30.7 Å². The van der Waals surface area contributed by atoms with E-state index in [1.165, 1.54) is 6.07 Å². The minimum Gasteiger partial charge on any atom is -0.444 e. The van der Waals surface area contributed by atoms with Crippen LogP contribution in [0.4, 0.5) is 9.18 Å². The van der Waals surface area contributed by atoms with Crippen LogP contribution in [0, 0.1) is 17.1 Å². The number of nitriles is 1. The number of carbonyl (C=O) groups is 1. The van der Waals surface area contributed by atoms with Crippen molar-refractivity contribution in [2.75, 3.05) is 13.2 Å². The normalized spacial score (nSPS) is 18.7. The van der Waals surface area contributed by atoms with Crippen molar-refractivity contribution in [3.8, 4) is 6.07 Å². The summed E-state index contributed by atoms with van der Waals surface area (Å²) in [7, 11) is 0. The number of hydrogen-bond acceptors (Lipinski definition) is 5. The first-order chi connectivity index (χ1) is 11.9. The summed E-state index contributed by atoms with van der Waals surface area (Å²) < 4.78 is 31.3. The SMILES string of the molecule is CC(C)(C)OC(=O)NC1(c2cc(Cl)c(C#N)cc2F)COC(C)(C)OC1. The third-order valence-corrected chi connectivity index (χ3v) is 4.08. The van der Waals surface area contributed by atoms with Crippen molar-refractivity contribution >= 4 is 17.7 Å². The molecule has 0 aromatic heterocycles. The molecule has 0 aliphatic carbocycles. The Morgan fingerprint density at radius 1 is 1.35 bits per heavy atom. The van der Waals surface area contributed by atoms with Gasteiger partial charge < -0.3 is 19.5 Å². The van der Waals surface area contributed by atoms with Gasteiger partial charge in [0.1, 0.15) is 23.0 Å². The molecule has 1 saturated heterocycles. The minimum atomic E-state index is -1.35. The van der Waals surface area contributed by atoms with Crippen molar-refractivity contribution in [2.45, 2.75) is 51.5 Å². The number of benzene rings is 1. The first-order valence-corrected chi connectivity index (χ1v) is 8.44. The highest BCUT2D eigenvalue weighted by Gasteiger charge is 2.45. The van der Waals surface area contributed by atoms with Crippen LogP contribution in [-0.2, 0) is 19.7 Å². The summed E-state index contributed by atoms with van der Waals surface area (Å²) in [5, 5.41) is 11.7. The van der Waals surface area contributed by atoms with Gasteiger partial charge in [0.25, 0.3) is 0 Å². The molecule has 8 heteroatoms. The number of nitrogens with one attached hydrogen (secondary N) is 1. The second-order valence-corrected chi connectivity index (χ2v) is 8.02. The van der Waals surface area contributed by atoms with Gasteiger partial charge in [0.05, 0.1) is 23.8 Å². The van der Waals surface area contributed by atoms with E-state index < -0.39 is 28.8 Å². The second-order valence-electron chi connectivity index (χ2n) is 7.61. The van der Waals surface area contributed by atoms with E-state index in [0.29, 0.717) is 0 Å². The second kappa shape index (κ2) is 7.03. The Morgan fingerprint density at radius 2 is 1.92 bits per heavy atom. The Bertz CT molecular complexity index is 743. The summed E-state index contributed by atoms with van der Waals surface area (Å²) in [6.07, 6.45) is -0.746. The first kappa shape index (κ1) is 20.4. The fourth-order valence-corrected chi connectivity index (χ4v) is 2.68. The van der Waals surface area contributed by atoms with E-state index in [2.05, 4.69) is 5.32 Å². The van der Waals surface area contributed by atoms with Crippen LogP contribution in [0.3, 0.4) is 0 Å². The highest BCUT2D eigenvalue weighted by atomic mass is 35.5. The molecule has 1 N–H and O–H groups in total. The number of nitrogens with zero attached hydrogens (tertiary/aromatic N) is 1. The lowest BCUT2D eigenvalue weighted by Crippen LogP contribution is -2.59. The van der Waals surface area contributed by atoms with E-state index in [0.717, 1.165) is 6.07 Å². The molecule has 0 atom stereocenters. The van der Waals surface area contributed by atoms with E-state index in [-0.39, 0.29) is 29.4 Å². The zero-order valence-electron chi connectivity index (χ0n) is 15.4. The van der Waals surface area contributed by atoms with E-state index in [4.69, 9.17) is 31.1 Å². The molecule has 26 heavy (non-hydrogen) atoms. The smallest absolute Gasteiger partial charge is 0.408 e. The molecule has 0 saturated carbocycles. The molecule has 0 radical (unpaired) electrons. The first-order valence-electron chi connectivity index (χ1n) is 8.06. The predicted octanol–water partition coefficient (Wildman–Crippen LogP) is 3.85. The molecule has 2 rings (SSSR count). The number of rotatable bonds is 2. The fourth-order valence-electron chi connectivity index (χ4n) is 2.47. The lowest BCUT2D eigenvalue weighted by atomic mass is 9.89. The molecule has 1 aromatic rings. The van der Waals surface area contributed by atoms with Gasteiger partial charge >= 0.3 is 6.09 Å². The molecule has 1 aromatic carbocycles. The van der Waals surface area contributed by atoms with Crippen LogP contribution in [0.25, 0.3) is 0 Å². The average Bonchev–Trinajstić information content (AvgIpc) is 2.50. The van der Waals surface area contributed by atoms with E-state index >= 15 is 0 Å². The van der Waals surface area contributed by atoms with E-state index in [1.54, 1.807) is 34.6 Å². The highest BCUT2D eigenvalue weighted by Crippen LogP contribution is 2.35. The quantitative estimate of drug-likeness (QED) is 0.837. The Hall–Kier alpha value is -1.88. The van der Waals surface area contributed by atoms with Crippen LogP contribution in [0.5, 0.6) is 0 Å². The van der Waals surface area contributed by atoms with Crippen LogP contribution in [0.15, 0.2) is 12.1 Å². The molecule has 0 bridgehead atoms. The van der Waals surface area contributed by atoms with Crippen LogP contribution >= 0.6 is 11.6 Å². The van der Waals surface area contributed by atoms with E-state index in [9.17, 15) is 9.18 Å². The lowest BCUT2D eigenvalue weighted by Gasteiger charge is -2.44. The van der Waals surface area contributed by atoms with Gasteiger partial charge in [-0.1, -0.05) is 11.6 Å². The number of ether oxygens (including phenoxy) is 3. The van der Waals surface area contributed by atoms with Gasteiger partial charge in [-0.25, -0.2) is 9.18 Å². The van der Waals surface area contributed by atoms with Crippen molar-refractivity contribution in [3.05, 3.63) is 34.1 Å². The van der Waals surface area contributed by atoms with Gasteiger partial charge in [0, 0.05) is 5.56 Å². The maximum absolute atomic E-state index is 14.7. The van der Waals surface area contributed by atoms with Gasteiger partial charge in [-0.05, 0) is 46.8 Å². The number of halogens is 2. The predicted molar refractivity (Wildman–Crippen MR) is 93.2 cm³/mol. The standard InChI is InChI=1S/C18H22ClFN2O4/c1-16(2,3)26-15(23)22-18(9-24-17(4,5)25-10-18)12-7-13(19)11(8-21)6-14(12)20/h6-7H,9-10H2,1-5H3,(H,22,23). The molecule has 1 aliphatic heterocycles. The Kier molecular flexibility index (Phi) is 5.52. The largest absolute Gasteiger partial charge is 0.444 e. The molecular formula is C18H22ClFN2O4. The third kappa shape index (κ3) is 4.64. The number of hydrogen-bond donors (Lipinski definition) is 1. The topological polar surface area (TPSA) is 80.6 Å². The van der Waals surface area contributed by atoms with Crippen molar-refractivity contribution in [1.82, 2.24) is 5.32 Å². The van der Waals surface area contributed by atoms with Crippen molar-refractivity contribution < 1.29 is 23.4 Å². The van der Waals surface area contributed by atoms with Crippen LogP contribution in [0.2, 0.25) is 5.02 Å². The zero-order valence-corrected chi connectivity index (χ0v) is 16.2. The zero-order chi connectivity index (χ0) is 19.8. The highest BCUT2D eigenvalue weighted by molar-refractivity contribution is 6.31. The summed E-state index contributed by atoms with van der Waals surface area (Å²) in [5.74, 6) is -1.58. The molecule has 1 aliphatic rings. The molecular weight excluding hydrogens is 363 g/mol. The van der Waals surface area contributed by atoms with Gasteiger partial charge in [-0.2, -0.15) is 5.26 Å². The fraction of sp³-hybridized carbons (Fsp3) is 0.556. The molecule has 0 spiro atoms. The van der Waals surface area contributed by atoms with Crippen molar-refractivity contribution in [1.29, 1.82) is 5.26 Å². The Labute approximate surface area is 157 Å². The van der Waals surface area contributed by atoms with Gasteiger partial charge in [0.2, 0.25) is 0 Å². The maximum Gasteiger partial charge on any atom is 0.408 e. The number of carbonyl (C=O) groups excluding carboxylic acids is 1. The summed E-state index contributed by atoms with van der Waals surface area (Å²) >= 11 is 6.07. The van der Waals surface area contributed by atoms with Crippen molar-refractivity contribution in [2.24, 2.45) is 0 Å². The monoisotopic (exact) mass is 384 g/mol. The average molecular weight is 385 g/mol. The summed E-state index contributed by atoms with van der Waals surface area (Å²) in [5.41, 5.74) is -2.03. The van der Waals surface area contributed by atoms with Crippen molar-refractivity contribution in [3.63, 3.8) is 0 Å². The summed E-state index contributed by atoms with van der Waals surface area (Å²) in [6, 6.07) is 4.14. The molecule has 0 unspecified atom stereocenters. The van der Waals surface area contributed by atoms with Gasteiger partial charge in [-0.15, -0.1) is 0 Å². The summed E-state index contributed by atoms with van der Waals surface area (Å²) in [4.78, 5) is 12.3. The molecule has 142 valence electrons. The minimum absolute atomic E-state index is 0.00156. The van der Waals surface area contributed by atoms with Gasteiger partial charge in [0.15, 0.2) is 5.79 Å². The van der Waals surface area contributed by atoms with Crippen LogP contribution in [0.1, 0.15) is 45.7 Å². The number of alkyl carbamates (subject to hydrolysis) is 1. The molecule has 1 amide bonds. The number of amides is 1. The molecule has 1 fully saturated rings. The Balaban J connectivity index is 2.44. The molecule has 1 heterocycles. The maximum atomic E-state index is 14.7. The summed E-state index contributed by atoms with van der Waals surface area (Å²) in [6.45, 7) is 8.47. The lowest BCUT2D eigenvalue weighted by molar-refractivity contribution is -0.273.